The SMILES string of the molecule is CCNCC(Cc1cccc(C)c1)C1CCCCCC1. The molecule has 0 radical (unpaired) electrons. The lowest BCUT2D eigenvalue weighted by Crippen LogP contribution is -2.29. The predicted octanol–water partition coefficient (Wildman–Crippen LogP) is 4.73. The average molecular weight is 273 g/mol. The minimum absolute atomic E-state index is 0.815. The average Bonchev–Trinajstić information content (AvgIpc) is 2.72. The molecule has 0 aromatic heterocycles. The second-order valence-corrected chi connectivity index (χ2v) is 6.51. The van der Waals surface area contributed by atoms with Crippen LogP contribution in [0.3, 0.4) is 0 Å². The Morgan fingerprint density at radius 1 is 1.15 bits per heavy atom. The Morgan fingerprint density at radius 3 is 2.55 bits per heavy atom. The van der Waals surface area contributed by atoms with Crippen LogP contribution in [0.5, 0.6) is 0 Å². The molecule has 1 aliphatic carbocycles. The molecule has 112 valence electrons. The summed E-state index contributed by atoms with van der Waals surface area (Å²) in [5, 5.41) is 3.60. The van der Waals surface area contributed by atoms with E-state index in [1.165, 1.54) is 62.6 Å². The van der Waals surface area contributed by atoms with Crippen LogP contribution in [-0.2, 0) is 6.42 Å². The molecule has 20 heavy (non-hydrogen) atoms. The summed E-state index contributed by atoms with van der Waals surface area (Å²) in [4.78, 5) is 0. The summed E-state index contributed by atoms with van der Waals surface area (Å²) in [6.45, 7) is 6.71. The molecule has 1 N–H and O–H groups in total. The van der Waals surface area contributed by atoms with Crippen LogP contribution in [0.15, 0.2) is 24.3 Å². The van der Waals surface area contributed by atoms with Gasteiger partial charge < -0.3 is 5.32 Å². The third-order valence-corrected chi connectivity index (χ3v) is 4.80. The summed E-state index contributed by atoms with van der Waals surface area (Å²) >= 11 is 0. The first-order chi connectivity index (χ1) is 9.79. The van der Waals surface area contributed by atoms with Crippen molar-refractivity contribution in [1.82, 2.24) is 5.32 Å². The van der Waals surface area contributed by atoms with E-state index in [0.717, 1.165) is 18.4 Å². The third kappa shape index (κ3) is 4.94. The van der Waals surface area contributed by atoms with Gasteiger partial charge in [-0.2, -0.15) is 0 Å². The van der Waals surface area contributed by atoms with E-state index in [1.807, 2.05) is 0 Å². The lowest BCUT2D eigenvalue weighted by atomic mass is 9.82. The van der Waals surface area contributed by atoms with Gasteiger partial charge in [-0.05, 0) is 43.8 Å². The second kappa shape index (κ2) is 8.46. The number of rotatable bonds is 6. The largest absolute Gasteiger partial charge is 0.317 e. The summed E-state index contributed by atoms with van der Waals surface area (Å²) in [6, 6.07) is 9.09. The maximum absolute atomic E-state index is 3.60. The molecule has 2 rings (SSSR count). The van der Waals surface area contributed by atoms with Gasteiger partial charge in [0.2, 0.25) is 0 Å². The number of hydrogen-bond acceptors (Lipinski definition) is 1. The highest BCUT2D eigenvalue weighted by molar-refractivity contribution is 5.22. The molecule has 0 saturated heterocycles. The third-order valence-electron chi connectivity index (χ3n) is 4.80. The van der Waals surface area contributed by atoms with E-state index in [4.69, 9.17) is 0 Å². The summed E-state index contributed by atoms with van der Waals surface area (Å²) in [7, 11) is 0. The van der Waals surface area contributed by atoms with Crippen LogP contribution in [0.25, 0.3) is 0 Å². The number of aryl methyl sites for hydroxylation is 1. The van der Waals surface area contributed by atoms with Gasteiger partial charge in [-0.15, -0.1) is 0 Å². The Labute approximate surface area is 125 Å². The van der Waals surface area contributed by atoms with Crippen LogP contribution < -0.4 is 5.32 Å². The molecule has 1 atom stereocenters. The van der Waals surface area contributed by atoms with Crippen LogP contribution in [0.2, 0.25) is 0 Å². The van der Waals surface area contributed by atoms with Crippen molar-refractivity contribution in [2.75, 3.05) is 13.1 Å². The molecule has 0 aliphatic heterocycles. The zero-order valence-corrected chi connectivity index (χ0v) is 13.3. The monoisotopic (exact) mass is 273 g/mol. The lowest BCUT2D eigenvalue weighted by Gasteiger charge is -2.27. The molecule has 1 aromatic rings. The van der Waals surface area contributed by atoms with E-state index >= 15 is 0 Å². The quantitative estimate of drug-likeness (QED) is 0.739. The first-order valence-electron chi connectivity index (χ1n) is 8.56. The Balaban J connectivity index is 2.01. The Bertz CT molecular complexity index is 377. The zero-order chi connectivity index (χ0) is 14.2. The van der Waals surface area contributed by atoms with E-state index in [9.17, 15) is 0 Å². The maximum atomic E-state index is 3.60. The van der Waals surface area contributed by atoms with Crippen LogP contribution in [0, 0.1) is 18.8 Å². The van der Waals surface area contributed by atoms with Crippen molar-refractivity contribution in [2.24, 2.45) is 11.8 Å². The van der Waals surface area contributed by atoms with Crippen molar-refractivity contribution in [2.45, 2.75) is 58.8 Å². The van der Waals surface area contributed by atoms with E-state index in [2.05, 4.69) is 43.4 Å². The van der Waals surface area contributed by atoms with Gasteiger partial charge in [0.15, 0.2) is 0 Å². The molecule has 0 spiro atoms. The van der Waals surface area contributed by atoms with Gasteiger partial charge >= 0.3 is 0 Å². The smallest absolute Gasteiger partial charge is 0.00148 e. The normalized spacial score (nSPS) is 18.7. The number of hydrogen-bond donors (Lipinski definition) is 1. The molecule has 1 aliphatic rings. The summed E-state index contributed by atoms with van der Waals surface area (Å²) in [6.07, 6.45) is 9.94. The van der Waals surface area contributed by atoms with Gasteiger partial charge in [0, 0.05) is 0 Å². The van der Waals surface area contributed by atoms with Gasteiger partial charge in [-0.3, -0.25) is 0 Å². The Morgan fingerprint density at radius 2 is 1.90 bits per heavy atom. The fourth-order valence-corrected chi connectivity index (χ4v) is 3.66. The molecule has 1 unspecified atom stereocenters. The van der Waals surface area contributed by atoms with Crippen molar-refractivity contribution in [3.8, 4) is 0 Å². The first-order valence-corrected chi connectivity index (χ1v) is 8.56. The fraction of sp³-hybridized carbons (Fsp3) is 0.684. The van der Waals surface area contributed by atoms with Gasteiger partial charge in [-0.1, -0.05) is 75.3 Å². The van der Waals surface area contributed by atoms with Crippen LogP contribution in [0.1, 0.15) is 56.6 Å². The minimum atomic E-state index is 0.815. The van der Waals surface area contributed by atoms with E-state index in [1.54, 1.807) is 0 Å². The van der Waals surface area contributed by atoms with Gasteiger partial charge in [0.1, 0.15) is 0 Å². The number of nitrogens with one attached hydrogen (secondary N) is 1. The highest BCUT2D eigenvalue weighted by Crippen LogP contribution is 2.31. The Hall–Kier alpha value is -0.820. The fourth-order valence-electron chi connectivity index (χ4n) is 3.66. The molecule has 1 saturated carbocycles. The Kier molecular flexibility index (Phi) is 6.59. The molecule has 1 nitrogen and oxygen atoms in total. The van der Waals surface area contributed by atoms with E-state index in [0.29, 0.717) is 0 Å². The van der Waals surface area contributed by atoms with Crippen molar-refractivity contribution in [1.29, 1.82) is 0 Å². The number of benzene rings is 1. The first kappa shape index (κ1) is 15.6. The van der Waals surface area contributed by atoms with Crippen molar-refractivity contribution in [3.05, 3.63) is 35.4 Å². The van der Waals surface area contributed by atoms with Gasteiger partial charge in [0.05, 0.1) is 0 Å². The maximum Gasteiger partial charge on any atom is -0.00148 e. The molecule has 1 heteroatoms. The van der Waals surface area contributed by atoms with Crippen molar-refractivity contribution >= 4 is 0 Å². The molecule has 1 fully saturated rings. The summed E-state index contributed by atoms with van der Waals surface area (Å²) < 4.78 is 0. The van der Waals surface area contributed by atoms with Gasteiger partial charge in [-0.25, -0.2) is 0 Å². The molecule has 0 bridgehead atoms. The summed E-state index contributed by atoms with van der Waals surface area (Å²) in [5.41, 5.74) is 2.92. The van der Waals surface area contributed by atoms with Crippen LogP contribution >= 0.6 is 0 Å². The highest BCUT2D eigenvalue weighted by atomic mass is 14.8. The molecule has 1 aromatic carbocycles. The highest BCUT2D eigenvalue weighted by Gasteiger charge is 2.22. The predicted molar refractivity (Wildman–Crippen MR) is 88.1 cm³/mol. The van der Waals surface area contributed by atoms with Crippen LogP contribution in [0.4, 0.5) is 0 Å². The standard InChI is InChI=1S/C19H31N/c1-3-20-15-19(18-11-6-4-5-7-12-18)14-17-10-8-9-16(2)13-17/h8-10,13,18-20H,3-7,11-12,14-15H2,1-2H3. The minimum Gasteiger partial charge on any atom is -0.317 e. The summed E-state index contributed by atoms with van der Waals surface area (Å²) in [5.74, 6) is 1.74. The van der Waals surface area contributed by atoms with E-state index in [-0.39, 0.29) is 0 Å². The molecule has 0 amide bonds. The van der Waals surface area contributed by atoms with Crippen molar-refractivity contribution < 1.29 is 0 Å². The molecule has 0 heterocycles. The topological polar surface area (TPSA) is 12.0 Å². The zero-order valence-electron chi connectivity index (χ0n) is 13.3. The van der Waals surface area contributed by atoms with E-state index < -0.39 is 0 Å². The van der Waals surface area contributed by atoms with Crippen LogP contribution in [-0.4, -0.2) is 13.1 Å². The molecular formula is C19H31N. The molecular weight excluding hydrogens is 242 g/mol. The van der Waals surface area contributed by atoms with Gasteiger partial charge in [0.25, 0.3) is 0 Å². The second-order valence-electron chi connectivity index (χ2n) is 6.51. The lowest BCUT2D eigenvalue weighted by molar-refractivity contribution is 0.286. The van der Waals surface area contributed by atoms with Crippen molar-refractivity contribution in [3.63, 3.8) is 0 Å².